The van der Waals surface area contributed by atoms with Gasteiger partial charge in [-0.05, 0) is 56.7 Å². The number of alkyl halides is 1. The molecule has 0 amide bonds. The number of terminal acetylenes is 1. The molecule has 2 aromatic heterocycles. The van der Waals surface area contributed by atoms with Gasteiger partial charge in [-0.1, -0.05) is 26.7 Å². The molecule has 226 valence electrons. The van der Waals surface area contributed by atoms with Crippen LogP contribution in [0, 0.1) is 12.3 Å². The molecule has 5 heterocycles. The van der Waals surface area contributed by atoms with E-state index in [1.807, 2.05) is 0 Å². The molecule has 0 bridgehead atoms. The molecule has 2 aromatic rings. The first kappa shape index (κ1) is 30.1. The van der Waals surface area contributed by atoms with Crippen LogP contribution in [0.1, 0.15) is 65.5 Å². The summed E-state index contributed by atoms with van der Waals surface area (Å²) in [5.41, 5.74) is -2.73. The molecule has 0 spiro atoms. The minimum atomic E-state index is -2.43. The SMILES string of the molecule is C#C[C@@]1(F)[C@H](OC2CCCCO2)[C@@H](CO[Si](C)(C)C(C)(C)C)O[C@H]1n1cnc2c(=O)[nH]c(NC3CCCCO3)nc21. The maximum absolute atomic E-state index is 17.1. The van der Waals surface area contributed by atoms with Gasteiger partial charge in [0, 0.05) is 13.2 Å². The molecule has 0 saturated carbocycles. The number of hydrogen-bond donors (Lipinski definition) is 2. The van der Waals surface area contributed by atoms with Crippen molar-refractivity contribution < 1.29 is 27.8 Å². The highest BCUT2D eigenvalue weighted by Gasteiger charge is 2.60. The zero-order chi connectivity index (χ0) is 29.4. The van der Waals surface area contributed by atoms with Crippen LogP contribution < -0.4 is 10.9 Å². The molecule has 0 aliphatic carbocycles. The molecule has 6 atom stereocenters. The molecule has 5 rings (SSSR count). The lowest BCUT2D eigenvalue weighted by Gasteiger charge is -2.37. The van der Waals surface area contributed by atoms with E-state index in [9.17, 15) is 4.79 Å². The van der Waals surface area contributed by atoms with Crippen molar-refractivity contribution in [2.24, 2.45) is 0 Å². The van der Waals surface area contributed by atoms with Crippen LogP contribution in [0.4, 0.5) is 10.3 Å². The molecule has 0 radical (unpaired) electrons. The second-order valence-electron chi connectivity index (χ2n) is 12.6. The molecule has 2 N–H and O–H groups in total. The molecule has 11 nitrogen and oxygen atoms in total. The summed E-state index contributed by atoms with van der Waals surface area (Å²) in [5.74, 6) is 2.52. The van der Waals surface area contributed by atoms with Crippen LogP contribution in [-0.4, -0.2) is 78.1 Å². The molecular weight excluding hydrogens is 549 g/mol. The van der Waals surface area contributed by atoms with E-state index in [4.69, 9.17) is 29.8 Å². The third-order valence-electron chi connectivity index (χ3n) is 8.65. The van der Waals surface area contributed by atoms with Gasteiger partial charge in [-0.2, -0.15) is 4.98 Å². The van der Waals surface area contributed by atoms with E-state index < -0.39 is 44.3 Å². The van der Waals surface area contributed by atoms with Gasteiger partial charge in [0.2, 0.25) is 11.6 Å². The van der Waals surface area contributed by atoms with Crippen LogP contribution in [-0.2, 0) is 23.4 Å². The predicted octanol–water partition coefficient (Wildman–Crippen LogP) is 4.23. The fourth-order valence-corrected chi connectivity index (χ4v) is 6.16. The molecule has 2 unspecified atom stereocenters. The van der Waals surface area contributed by atoms with Gasteiger partial charge in [0.05, 0.1) is 12.9 Å². The number of ether oxygens (including phenoxy) is 4. The summed E-state index contributed by atoms with van der Waals surface area (Å²) >= 11 is 0. The van der Waals surface area contributed by atoms with Gasteiger partial charge in [-0.15, -0.1) is 6.42 Å². The molecule has 3 aliphatic heterocycles. The fraction of sp³-hybridized carbons (Fsp3) is 0.750. The smallest absolute Gasteiger partial charge is 0.280 e. The largest absolute Gasteiger partial charge is 0.414 e. The van der Waals surface area contributed by atoms with E-state index in [1.54, 1.807) is 0 Å². The number of hydrogen-bond acceptors (Lipinski definition) is 9. The van der Waals surface area contributed by atoms with Gasteiger partial charge in [0.25, 0.3) is 5.56 Å². The molecule has 13 heteroatoms. The number of imidazole rings is 1. The first-order valence-corrected chi connectivity index (χ1v) is 17.4. The number of fused-ring (bicyclic) bond motifs is 1. The molecular formula is C28H42FN5O6Si. The summed E-state index contributed by atoms with van der Waals surface area (Å²) in [6.45, 7) is 11.9. The maximum atomic E-state index is 17.1. The van der Waals surface area contributed by atoms with Crippen molar-refractivity contribution in [2.45, 2.75) is 114 Å². The summed E-state index contributed by atoms with van der Waals surface area (Å²) in [5, 5.41) is 3.05. The second-order valence-corrected chi connectivity index (χ2v) is 17.4. The Morgan fingerprint density at radius 2 is 1.98 bits per heavy atom. The number of nitrogens with one attached hydrogen (secondary N) is 2. The highest BCUT2D eigenvalue weighted by Crippen LogP contribution is 2.46. The summed E-state index contributed by atoms with van der Waals surface area (Å²) in [6.07, 6.45) is 8.12. The van der Waals surface area contributed by atoms with Crippen LogP contribution in [0.25, 0.3) is 11.2 Å². The van der Waals surface area contributed by atoms with E-state index in [2.05, 4.69) is 60.1 Å². The van der Waals surface area contributed by atoms with Crippen molar-refractivity contribution in [2.75, 3.05) is 25.1 Å². The Balaban J connectivity index is 1.48. The zero-order valence-corrected chi connectivity index (χ0v) is 25.6. The van der Waals surface area contributed by atoms with Gasteiger partial charge in [0.15, 0.2) is 32.0 Å². The van der Waals surface area contributed by atoms with Crippen LogP contribution in [0.5, 0.6) is 0 Å². The van der Waals surface area contributed by atoms with Crippen molar-refractivity contribution in [1.82, 2.24) is 19.5 Å². The number of anilines is 1. The van der Waals surface area contributed by atoms with Gasteiger partial charge in [0.1, 0.15) is 18.4 Å². The van der Waals surface area contributed by atoms with E-state index in [0.717, 1.165) is 32.1 Å². The molecule has 41 heavy (non-hydrogen) atoms. The lowest BCUT2D eigenvalue weighted by atomic mass is 9.96. The minimum absolute atomic E-state index is 0.0390. The van der Waals surface area contributed by atoms with E-state index in [0.29, 0.717) is 19.6 Å². The van der Waals surface area contributed by atoms with Gasteiger partial charge >= 0.3 is 0 Å². The summed E-state index contributed by atoms with van der Waals surface area (Å²) in [6, 6.07) is 0. The zero-order valence-electron chi connectivity index (χ0n) is 24.6. The number of nitrogens with zero attached hydrogens (tertiary/aromatic N) is 3. The number of aromatic amines is 1. The second kappa shape index (κ2) is 11.7. The first-order valence-electron chi connectivity index (χ1n) is 14.5. The van der Waals surface area contributed by atoms with Crippen LogP contribution in [0.3, 0.4) is 0 Å². The summed E-state index contributed by atoms with van der Waals surface area (Å²) in [7, 11) is -2.22. The summed E-state index contributed by atoms with van der Waals surface area (Å²) < 4.78 is 49.0. The third-order valence-corrected chi connectivity index (χ3v) is 13.2. The van der Waals surface area contributed by atoms with Gasteiger partial charge in [-0.25, -0.2) is 9.37 Å². The Bertz CT molecular complexity index is 1310. The molecule has 3 aliphatic rings. The molecule has 3 saturated heterocycles. The Kier molecular flexibility index (Phi) is 8.62. The van der Waals surface area contributed by atoms with E-state index in [1.165, 1.54) is 10.9 Å². The van der Waals surface area contributed by atoms with Crippen molar-refractivity contribution in [3.8, 4) is 12.3 Å². The minimum Gasteiger partial charge on any atom is -0.414 e. The van der Waals surface area contributed by atoms with Crippen molar-refractivity contribution in [3.63, 3.8) is 0 Å². The Morgan fingerprint density at radius 3 is 2.61 bits per heavy atom. The van der Waals surface area contributed by atoms with Crippen molar-refractivity contribution in [1.29, 1.82) is 0 Å². The predicted molar refractivity (Wildman–Crippen MR) is 154 cm³/mol. The molecule has 0 aromatic carbocycles. The monoisotopic (exact) mass is 591 g/mol. The Labute approximate surface area is 241 Å². The van der Waals surface area contributed by atoms with Crippen molar-refractivity contribution >= 4 is 25.4 Å². The number of rotatable bonds is 8. The number of H-pyrrole nitrogens is 1. The van der Waals surface area contributed by atoms with E-state index in [-0.39, 0.29) is 35.0 Å². The number of aromatic nitrogens is 4. The lowest BCUT2D eigenvalue weighted by Crippen LogP contribution is -2.49. The van der Waals surface area contributed by atoms with Crippen LogP contribution in [0.15, 0.2) is 11.1 Å². The standard InChI is InChI=1S/C28H42FN5O6Si/c1-7-28(29)22(40-20-13-9-11-15-37-20)18(16-38-41(5,6)27(2,3)4)39-25(28)34-17-30-21-23(34)32-26(33-24(21)35)31-19-12-8-10-14-36-19/h1,17-20,22,25H,8-16H2,2-6H3,(H2,31,32,33,35)/t18-,19?,20?,22-,25-,28-/m1/s1. The first-order chi connectivity index (χ1) is 19.4. The van der Waals surface area contributed by atoms with E-state index >= 15 is 4.39 Å². The van der Waals surface area contributed by atoms with Crippen LogP contribution in [0.2, 0.25) is 18.1 Å². The lowest BCUT2D eigenvalue weighted by molar-refractivity contribution is -0.211. The average molecular weight is 592 g/mol. The van der Waals surface area contributed by atoms with Crippen LogP contribution >= 0.6 is 0 Å². The quantitative estimate of drug-likeness (QED) is 0.343. The maximum Gasteiger partial charge on any atom is 0.280 e. The topological polar surface area (TPSA) is 122 Å². The average Bonchev–Trinajstić information content (AvgIpc) is 3.47. The third kappa shape index (κ3) is 6.09. The summed E-state index contributed by atoms with van der Waals surface area (Å²) in [4.78, 5) is 24.4. The normalized spacial score (nSPS) is 31.3. The Morgan fingerprint density at radius 1 is 1.24 bits per heavy atom. The highest BCUT2D eigenvalue weighted by molar-refractivity contribution is 6.74. The molecule has 3 fully saturated rings. The highest BCUT2D eigenvalue weighted by atomic mass is 28.4. The fourth-order valence-electron chi connectivity index (χ4n) is 5.14. The van der Waals surface area contributed by atoms with Gasteiger partial charge < -0.3 is 28.7 Å². The number of halogens is 1. The Hall–Kier alpha value is -2.34. The van der Waals surface area contributed by atoms with Crippen molar-refractivity contribution in [3.05, 3.63) is 16.7 Å². The van der Waals surface area contributed by atoms with Gasteiger partial charge in [-0.3, -0.25) is 14.3 Å².